The summed E-state index contributed by atoms with van der Waals surface area (Å²) in [6.45, 7) is 5.85. The lowest BCUT2D eigenvalue weighted by atomic mass is 10.1. The average Bonchev–Trinajstić information content (AvgIpc) is 3.14. The van der Waals surface area contributed by atoms with Crippen LogP contribution in [0.4, 0.5) is 0 Å². The molecule has 3 rings (SSSR count). The lowest BCUT2D eigenvalue weighted by Crippen LogP contribution is -2.38. The summed E-state index contributed by atoms with van der Waals surface area (Å²) in [7, 11) is 1.89. The van der Waals surface area contributed by atoms with Gasteiger partial charge in [0, 0.05) is 41.7 Å². The van der Waals surface area contributed by atoms with Crippen LogP contribution in [0.2, 0.25) is 5.02 Å². The molecule has 1 unspecified atom stereocenters. The number of nitrogens with zero attached hydrogens (tertiary/aromatic N) is 2. The van der Waals surface area contributed by atoms with Crippen molar-refractivity contribution in [3.8, 4) is 5.69 Å². The van der Waals surface area contributed by atoms with E-state index in [2.05, 4.69) is 9.88 Å². The van der Waals surface area contributed by atoms with E-state index in [0.29, 0.717) is 5.02 Å². The zero-order valence-corrected chi connectivity index (χ0v) is 14.5. The van der Waals surface area contributed by atoms with E-state index in [9.17, 15) is 4.79 Å². The Labute approximate surface area is 142 Å². The van der Waals surface area contributed by atoms with Crippen LogP contribution in [0.25, 0.3) is 5.69 Å². The molecule has 0 saturated carbocycles. The van der Waals surface area contributed by atoms with Crippen LogP contribution < -0.4 is 5.32 Å². The maximum atomic E-state index is 12.9. The van der Waals surface area contributed by atoms with Gasteiger partial charge in [-0.2, -0.15) is 0 Å². The first-order valence-electron chi connectivity index (χ1n) is 7.92. The molecular formula is C18H22ClN3O. The number of likely N-dealkylation sites (N-methyl/N-ethyl adjacent to an activating group) is 1. The Morgan fingerprint density at radius 3 is 2.78 bits per heavy atom. The molecule has 1 aliphatic rings. The molecule has 0 bridgehead atoms. The number of nitrogens with one attached hydrogen (secondary N) is 1. The monoisotopic (exact) mass is 331 g/mol. The van der Waals surface area contributed by atoms with Gasteiger partial charge in [-0.3, -0.25) is 4.79 Å². The van der Waals surface area contributed by atoms with Gasteiger partial charge >= 0.3 is 0 Å². The molecule has 1 N–H and O–H groups in total. The molecule has 0 aliphatic carbocycles. The lowest BCUT2D eigenvalue weighted by Gasteiger charge is -2.23. The van der Waals surface area contributed by atoms with Crippen molar-refractivity contribution >= 4 is 17.5 Å². The van der Waals surface area contributed by atoms with Gasteiger partial charge < -0.3 is 14.8 Å². The second kappa shape index (κ2) is 6.38. The fourth-order valence-electron chi connectivity index (χ4n) is 3.32. The van der Waals surface area contributed by atoms with Crippen molar-refractivity contribution in [3.63, 3.8) is 0 Å². The predicted octanol–water partition coefficient (Wildman–Crippen LogP) is 3.18. The molecule has 2 aromatic rings. The van der Waals surface area contributed by atoms with E-state index < -0.39 is 0 Å². The van der Waals surface area contributed by atoms with E-state index in [4.69, 9.17) is 11.6 Å². The minimum Gasteiger partial charge on any atom is -0.337 e. The molecule has 0 radical (unpaired) electrons. The third kappa shape index (κ3) is 3.01. The summed E-state index contributed by atoms with van der Waals surface area (Å²) < 4.78 is 2.08. The third-order valence-electron chi connectivity index (χ3n) is 4.63. The summed E-state index contributed by atoms with van der Waals surface area (Å²) in [6.07, 6.45) is 1.01. The van der Waals surface area contributed by atoms with Gasteiger partial charge in [-0.05, 0) is 51.1 Å². The standard InChI is InChI=1S/C18H22ClN3O/c1-12-9-17(18(23)21(3)16-7-8-20-11-16)13(2)22(12)15-6-4-5-14(19)10-15/h4-6,9-10,16,20H,7-8,11H2,1-3H3. The van der Waals surface area contributed by atoms with Gasteiger partial charge in [0.2, 0.25) is 0 Å². The van der Waals surface area contributed by atoms with Gasteiger partial charge in [0.25, 0.3) is 5.91 Å². The van der Waals surface area contributed by atoms with Crippen molar-refractivity contribution in [2.75, 3.05) is 20.1 Å². The number of amides is 1. The fourth-order valence-corrected chi connectivity index (χ4v) is 3.50. The molecule has 5 heteroatoms. The van der Waals surface area contributed by atoms with E-state index >= 15 is 0 Å². The first-order valence-corrected chi connectivity index (χ1v) is 8.29. The quantitative estimate of drug-likeness (QED) is 0.938. The topological polar surface area (TPSA) is 37.3 Å². The van der Waals surface area contributed by atoms with Gasteiger partial charge in [-0.25, -0.2) is 0 Å². The second-order valence-corrected chi connectivity index (χ2v) is 6.60. The van der Waals surface area contributed by atoms with E-state index in [1.165, 1.54) is 0 Å². The number of carbonyl (C=O) groups excluding carboxylic acids is 1. The van der Waals surface area contributed by atoms with E-state index in [0.717, 1.165) is 42.1 Å². The Morgan fingerprint density at radius 2 is 2.13 bits per heavy atom. The van der Waals surface area contributed by atoms with Gasteiger partial charge in [0.15, 0.2) is 0 Å². The molecule has 0 spiro atoms. The number of benzene rings is 1. The Bertz CT molecular complexity index is 732. The highest BCUT2D eigenvalue weighted by atomic mass is 35.5. The normalized spacial score (nSPS) is 17.5. The summed E-state index contributed by atoms with van der Waals surface area (Å²) in [4.78, 5) is 14.7. The molecule has 122 valence electrons. The zero-order valence-electron chi connectivity index (χ0n) is 13.8. The van der Waals surface area contributed by atoms with Crippen molar-refractivity contribution < 1.29 is 4.79 Å². The summed E-state index contributed by atoms with van der Waals surface area (Å²) in [5, 5.41) is 4.00. The summed E-state index contributed by atoms with van der Waals surface area (Å²) in [6, 6.07) is 9.94. The number of hydrogen-bond donors (Lipinski definition) is 1. The summed E-state index contributed by atoms with van der Waals surface area (Å²) >= 11 is 6.11. The maximum absolute atomic E-state index is 12.9. The highest BCUT2D eigenvalue weighted by Gasteiger charge is 2.26. The molecule has 1 fully saturated rings. The molecule has 1 aliphatic heterocycles. The predicted molar refractivity (Wildman–Crippen MR) is 93.6 cm³/mol. The van der Waals surface area contributed by atoms with E-state index in [1.807, 2.05) is 56.1 Å². The van der Waals surface area contributed by atoms with Crippen LogP contribution in [-0.2, 0) is 0 Å². The number of halogens is 1. The van der Waals surface area contributed by atoms with Crippen molar-refractivity contribution in [3.05, 3.63) is 52.3 Å². The summed E-state index contributed by atoms with van der Waals surface area (Å²) in [5.41, 5.74) is 3.73. The number of carbonyl (C=O) groups is 1. The zero-order chi connectivity index (χ0) is 16.6. The Hall–Kier alpha value is -1.78. The van der Waals surface area contributed by atoms with Crippen LogP contribution in [0.5, 0.6) is 0 Å². The average molecular weight is 332 g/mol. The first-order chi connectivity index (χ1) is 11.0. The van der Waals surface area contributed by atoms with Crippen LogP contribution in [-0.4, -0.2) is 41.6 Å². The van der Waals surface area contributed by atoms with Gasteiger partial charge in [-0.1, -0.05) is 17.7 Å². The Balaban J connectivity index is 1.95. The third-order valence-corrected chi connectivity index (χ3v) is 4.87. The van der Waals surface area contributed by atoms with E-state index in [-0.39, 0.29) is 11.9 Å². The minimum atomic E-state index is 0.0834. The largest absolute Gasteiger partial charge is 0.337 e. The van der Waals surface area contributed by atoms with Crippen LogP contribution in [0, 0.1) is 13.8 Å². The summed E-state index contributed by atoms with van der Waals surface area (Å²) in [5.74, 6) is 0.0834. The van der Waals surface area contributed by atoms with Gasteiger partial charge in [0.1, 0.15) is 0 Å². The fraction of sp³-hybridized carbons (Fsp3) is 0.389. The number of aromatic nitrogens is 1. The Kier molecular flexibility index (Phi) is 4.46. The van der Waals surface area contributed by atoms with Crippen LogP contribution in [0.15, 0.2) is 30.3 Å². The molecule has 1 atom stereocenters. The molecular weight excluding hydrogens is 310 g/mol. The first kappa shape index (κ1) is 16.1. The van der Waals surface area contributed by atoms with Gasteiger partial charge in [0.05, 0.1) is 5.56 Å². The molecule has 2 heterocycles. The SMILES string of the molecule is Cc1cc(C(=O)N(C)C2CCNC2)c(C)n1-c1cccc(Cl)c1. The number of hydrogen-bond acceptors (Lipinski definition) is 2. The molecule has 1 aromatic heterocycles. The lowest BCUT2D eigenvalue weighted by molar-refractivity contribution is 0.0743. The van der Waals surface area contributed by atoms with Crippen molar-refractivity contribution in [2.45, 2.75) is 26.3 Å². The van der Waals surface area contributed by atoms with Crippen molar-refractivity contribution in [1.29, 1.82) is 0 Å². The molecule has 1 aromatic carbocycles. The maximum Gasteiger partial charge on any atom is 0.255 e. The van der Waals surface area contributed by atoms with Gasteiger partial charge in [-0.15, -0.1) is 0 Å². The minimum absolute atomic E-state index is 0.0834. The van der Waals surface area contributed by atoms with E-state index in [1.54, 1.807) is 0 Å². The van der Waals surface area contributed by atoms with Crippen LogP contribution in [0.3, 0.4) is 0 Å². The van der Waals surface area contributed by atoms with Crippen LogP contribution >= 0.6 is 11.6 Å². The highest BCUT2D eigenvalue weighted by molar-refractivity contribution is 6.30. The van der Waals surface area contributed by atoms with Crippen molar-refractivity contribution in [2.24, 2.45) is 0 Å². The molecule has 1 amide bonds. The smallest absolute Gasteiger partial charge is 0.255 e. The van der Waals surface area contributed by atoms with Crippen LogP contribution in [0.1, 0.15) is 28.2 Å². The van der Waals surface area contributed by atoms with Crippen molar-refractivity contribution in [1.82, 2.24) is 14.8 Å². The highest BCUT2D eigenvalue weighted by Crippen LogP contribution is 2.24. The Morgan fingerprint density at radius 1 is 1.35 bits per heavy atom. The molecule has 4 nitrogen and oxygen atoms in total. The number of rotatable bonds is 3. The second-order valence-electron chi connectivity index (χ2n) is 6.16. The number of aryl methyl sites for hydroxylation is 1. The molecule has 23 heavy (non-hydrogen) atoms. The molecule has 1 saturated heterocycles.